The van der Waals surface area contributed by atoms with E-state index in [1.165, 1.54) is 5.56 Å². The standard InChI is InChI=1S/C16H22N4/c1-4-14-19-15(17)12(3)16(20-14)18-10-11(2)13-8-6-5-7-9-13/h5-9,11H,4,10H2,1-3H3,(H3,17,18,19,20). The summed E-state index contributed by atoms with van der Waals surface area (Å²) in [5.74, 6) is 2.60. The van der Waals surface area contributed by atoms with Gasteiger partial charge in [0.2, 0.25) is 0 Å². The first-order valence-corrected chi connectivity index (χ1v) is 7.03. The number of anilines is 2. The normalized spacial score (nSPS) is 12.2. The Hall–Kier alpha value is -2.10. The smallest absolute Gasteiger partial charge is 0.134 e. The molecule has 0 spiro atoms. The molecule has 3 N–H and O–H groups in total. The highest BCUT2D eigenvalue weighted by molar-refractivity contribution is 5.54. The Morgan fingerprint density at radius 2 is 1.90 bits per heavy atom. The number of benzene rings is 1. The van der Waals surface area contributed by atoms with E-state index in [-0.39, 0.29) is 0 Å². The van der Waals surface area contributed by atoms with E-state index >= 15 is 0 Å². The van der Waals surface area contributed by atoms with E-state index in [1.807, 2.05) is 19.9 Å². The molecular formula is C16H22N4. The van der Waals surface area contributed by atoms with Gasteiger partial charge >= 0.3 is 0 Å². The summed E-state index contributed by atoms with van der Waals surface area (Å²) in [4.78, 5) is 8.78. The second kappa shape index (κ2) is 6.37. The van der Waals surface area contributed by atoms with Gasteiger partial charge in [-0.15, -0.1) is 0 Å². The van der Waals surface area contributed by atoms with Crippen LogP contribution < -0.4 is 11.1 Å². The Morgan fingerprint density at radius 3 is 2.55 bits per heavy atom. The summed E-state index contributed by atoms with van der Waals surface area (Å²) >= 11 is 0. The molecule has 1 aromatic carbocycles. The van der Waals surface area contributed by atoms with E-state index in [1.54, 1.807) is 0 Å². The van der Waals surface area contributed by atoms with E-state index in [0.717, 1.165) is 30.2 Å². The molecule has 0 saturated carbocycles. The van der Waals surface area contributed by atoms with Gasteiger partial charge in [-0.05, 0) is 18.4 Å². The fraction of sp³-hybridized carbons (Fsp3) is 0.375. The number of hydrogen-bond acceptors (Lipinski definition) is 4. The zero-order valence-corrected chi connectivity index (χ0v) is 12.4. The lowest BCUT2D eigenvalue weighted by Gasteiger charge is -2.16. The summed E-state index contributed by atoms with van der Waals surface area (Å²) in [6, 6.07) is 10.5. The number of aromatic nitrogens is 2. The van der Waals surface area contributed by atoms with Crippen LogP contribution in [0.5, 0.6) is 0 Å². The van der Waals surface area contributed by atoms with E-state index in [2.05, 4.69) is 46.5 Å². The van der Waals surface area contributed by atoms with Crippen LogP contribution in [0.15, 0.2) is 30.3 Å². The Balaban J connectivity index is 2.09. The zero-order chi connectivity index (χ0) is 14.5. The monoisotopic (exact) mass is 270 g/mol. The van der Waals surface area contributed by atoms with Gasteiger partial charge in [-0.25, -0.2) is 9.97 Å². The largest absolute Gasteiger partial charge is 0.383 e. The van der Waals surface area contributed by atoms with Gasteiger partial charge in [0.05, 0.1) is 0 Å². The highest BCUT2D eigenvalue weighted by atomic mass is 15.1. The molecule has 0 saturated heterocycles. The average molecular weight is 270 g/mol. The van der Waals surface area contributed by atoms with Crippen LogP contribution in [-0.2, 0) is 6.42 Å². The average Bonchev–Trinajstić information content (AvgIpc) is 2.49. The molecule has 0 radical (unpaired) electrons. The lowest BCUT2D eigenvalue weighted by Crippen LogP contribution is -2.14. The first-order chi connectivity index (χ1) is 9.61. The fourth-order valence-electron chi connectivity index (χ4n) is 2.06. The summed E-state index contributed by atoms with van der Waals surface area (Å²) in [6.45, 7) is 7.00. The molecule has 20 heavy (non-hydrogen) atoms. The van der Waals surface area contributed by atoms with Crippen molar-refractivity contribution in [2.75, 3.05) is 17.6 Å². The molecule has 0 aliphatic heterocycles. The molecule has 0 fully saturated rings. The van der Waals surface area contributed by atoms with Crippen LogP contribution in [0.2, 0.25) is 0 Å². The van der Waals surface area contributed by atoms with Gasteiger partial charge in [-0.1, -0.05) is 44.2 Å². The third-order valence-electron chi connectivity index (χ3n) is 3.49. The predicted octanol–water partition coefficient (Wildman–Crippen LogP) is 3.15. The van der Waals surface area contributed by atoms with Gasteiger partial charge in [0.15, 0.2) is 0 Å². The molecule has 2 rings (SSSR count). The fourth-order valence-corrected chi connectivity index (χ4v) is 2.06. The van der Waals surface area contributed by atoms with Crippen molar-refractivity contribution in [2.45, 2.75) is 33.1 Å². The quantitative estimate of drug-likeness (QED) is 0.876. The molecule has 2 aromatic rings. The maximum Gasteiger partial charge on any atom is 0.134 e. The van der Waals surface area contributed by atoms with Crippen molar-refractivity contribution in [3.8, 4) is 0 Å². The second-order valence-corrected chi connectivity index (χ2v) is 5.04. The van der Waals surface area contributed by atoms with Crippen molar-refractivity contribution in [1.82, 2.24) is 9.97 Å². The van der Waals surface area contributed by atoms with E-state index in [0.29, 0.717) is 11.7 Å². The van der Waals surface area contributed by atoms with Gasteiger partial charge < -0.3 is 11.1 Å². The van der Waals surface area contributed by atoms with Crippen molar-refractivity contribution >= 4 is 11.6 Å². The van der Waals surface area contributed by atoms with Crippen LogP contribution in [-0.4, -0.2) is 16.5 Å². The lowest BCUT2D eigenvalue weighted by atomic mass is 10.0. The number of rotatable bonds is 5. The number of nitrogens with two attached hydrogens (primary N) is 1. The highest BCUT2D eigenvalue weighted by Crippen LogP contribution is 2.20. The van der Waals surface area contributed by atoms with Gasteiger partial charge in [0.1, 0.15) is 17.5 Å². The van der Waals surface area contributed by atoms with Crippen molar-refractivity contribution in [2.24, 2.45) is 0 Å². The molecule has 1 aromatic heterocycles. The highest BCUT2D eigenvalue weighted by Gasteiger charge is 2.10. The molecule has 1 unspecified atom stereocenters. The Labute approximate surface area is 120 Å². The van der Waals surface area contributed by atoms with Gasteiger partial charge in [-0.2, -0.15) is 0 Å². The van der Waals surface area contributed by atoms with Crippen molar-refractivity contribution in [1.29, 1.82) is 0 Å². The molecule has 0 bridgehead atoms. The second-order valence-electron chi connectivity index (χ2n) is 5.04. The molecular weight excluding hydrogens is 248 g/mol. The molecule has 0 aliphatic carbocycles. The number of aryl methyl sites for hydroxylation is 1. The van der Waals surface area contributed by atoms with Gasteiger partial charge in [0.25, 0.3) is 0 Å². The summed E-state index contributed by atoms with van der Waals surface area (Å²) in [5.41, 5.74) is 8.16. The van der Waals surface area contributed by atoms with Crippen LogP contribution in [0.1, 0.15) is 36.7 Å². The summed E-state index contributed by atoms with van der Waals surface area (Å²) in [6.07, 6.45) is 0.785. The topological polar surface area (TPSA) is 63.8 Å². The third-order valence-corrected chi connectivity index (χ3v) is 3.49. The van der Waals surface area contributed by atoms with Crippen LogP contribution >= 0.6 is 0 Å². The summed E-state index contributed by atoms with van der Waals surface area (Å²) in [5, 5.41) is 3.40. The Morgan fingerprint density at radius 1 is 1.20 bits per heavy atom. The Bertz CT molecular complexity index is 566. The van der Waals surface area contributed by atoms with Crippen molar-refractivity contribution in [3.63, 3.8) is 0 Å². The minimum Gasteiger partial charge on any atom is -0.383 e. The third kappa shape index (κ3) is 3.26. The molecule has 4 nitrogen and oxygen atoms in total. The molecule has 0 aliphatic rings. The Kier molecular flexibility index (Phi) is 4.56. The van der Waals surface area contributed by atoms with Gasteiger partial charge in [-0.3, -0.25) is 0 Å². The minimum absolute atomic E-state index is 0.414. The molecule has 106 valence electrons. The van der Waals surface area contributed by atoms with E-state index < -0.39 is 0 Å². The first kappa shape index (κ1) is 14.3. The van der Waals surface area contributed by atoms with E-state index in [4.69, 9.17) is 5.73 Å². The van der Waals surface area contributed by atoms with Gasteiger partial charge in [0, 0.05) is 18.5 Å². The lowest BCUT2D eigenvalue weighted by molar-refractivity contribution is 0.796. The number of hydrogen-bond donors (Lipinski definition) is 2. The predicted molar refractivity (Wildman–Crippen MR) is 83.9 cm³/mol. The van der Waals surface area contributed by atoms with Crippen LogP contribution in [0.4, 0.5) is 11.6 Å². The first-order valence-electron chi connectivity index (χ1n) is 7.03. The molecule has 1 heterocycles. The van der Waals surface area contributed by atoms with Crippen molar-refractivity contribution in [3.05, 3.63) is 47.3 Å². The van der Waals surface area contributed by atoms with Crippen molar-refractivity contribution < 1.29 is 0 Å². The van der Waals surface area contributed by atoms with Crippen LogP contribution in [0, 0.1) is 6.92 Å². The zero-order valence-electron chi connectivity index (χ0n) is 12.4. The molecule has 0 amide bonds. The number of nitrogens with zero attached hydrogens (tertiary/aromatic N) is 2. The molecule has 1 atom stereocenters. The minimum atomic E-state index is 0.414. The van der Waals surface area contributed by atoms with Crippen LogP contribution in [0.3, 0.4) is 0 Å². The molecule has 4 heteroatoms. The maximum absolute atomic E-state index is 5.92. The van der Waals surface area contributed by atoms with Crippen LogP contribution in [0.25, 0.3) is 0 Å². The number of nitrogens with one attached hydrogen (secondary N) is 1. The maximum atomic E-state index is 5.92. The SMILES string of the molecule is CCc1nc(N)c(C)c(NCC(C)c2ccccc2)n1. The summed E-state index contributed by atoms with van der Waals surface area (Å²) in [7, 11) is 0. The number of nitrogen functional groups attached to an aromatic ring is 1. The summed E-state index contributed by atoms with van der Waals surface area (Å²) < 4.78 is 0. The van der Waals surface area contributed by atoms with E-state index in [9.17, 15) is 0 Å².